The molecule has 1 aliphatic rings. The highest BCUT2D eigenvalue weighted by Crippen LogP contribution is 2.33. The number of aryl methyl sites for hydroxylation is 1. The molecule has 3 rings (SSSR count). The normalized spacial score (nSPS) is 15.2. The van der Waals surface area contributed by atoms with Crippen LogP contribution in [-0.2, 0) is 11.3 Å². The number of anilines is 1. The number of hydrogen-bond donors (Lipinski definition) is 2. The maximum Gasteiger partial charge on any atom is 0.410 e. The summed E-state index contributed by atoms with van der Waals surface area (Å²) in [5.74, 6) is 12.0. The minimum atomic E-state index is -0.474. The molecular formula is C22H32N6O3S. The van der Waals surface area contributed by atoms with E-state index in [1.165, 1.54) is 11.3 Å². The van der Waals surface area contributed by atoms with Crippen LogP contribution >= 0.6 is 11.3 Å². The van der Waals surface area contributed by atoms with Crippen molar-refractivity contribution in [2.24, 2.45) is 16.8 Å². The Morgan fingerprint density at radius 1 is 1.31 bits per heavy atom. The number of likely N-dealkylation sites (tertiary alicyclic amines) is 1. The van der Waals surface area contributed by atoms with Crippen LogP contribution in [0, 0.1) is 6.92 Å². The van der Waals surface area contributed by atoms with Crippen LogP contribution in [0.15, 0.2) is 29.4 Å². The van der Waals surface area contributed by atoms with Crippen LogP contribution in [0.2, 0.25) is 0 Å². The van der Waals surface area contributed by atoms with E-state index >= 15 is 0 Å². The number of amides is 1. The molecule has 0 radical (unpaired) electrons. The Labute approximate surface area is 193 Å². The fourth-order valence-corrected chi connectivity index (χ4v) is 4.55. The number of carbonyl (C=O) groups is 1. The second-order valence-corrected chi connectivity index (χ2v) is 9.87. The molecular weight excluding hydrogens is 428 g/mol. The minimum absolute atomic E-state index is 0.237. The zero-order valence-corrected chi connectivity index (χ0v) is 19.9. The van der Waals surface area contributed by atoms with Gasteiger partial charge in [0.05, 0.1) is 21.3 Å². The van der Waals surface area contributed by atoms with Crippen molar-refractivity contribution in [3.05, 3.63) is 39.8 Å². The van der Waals surface area contributed by atoms with Gasteiger partial charge in [-0.1, -0.05) is 0 Å². The van der Waals surface area contributed by atoms with E-state index in [2.05, 4.69) is 5.10 Å². The van der Waals surface area contributed by atoms with Gasteiger partial charge < -0.3 is 20.2 Å². The number of aromatic nitrogens is 1. The highest BCUT2D eigenvalue weighted by molar-refractivity contribution is 7.11. The lowest BCUT2D eigenvalue weighted by molar-refractivity contribution is 0.0204. The second kappa shape index (κ2) is 10.2. The number of hydrogen-bond acceptors (Lipinski definition) is 8. The molecule has 0 atom stereocenters. The summed E-state index contributed by atoms with van der Waals surface area (Å²) in [4.78, 5) is 20.0. The predicted molar refractivity (Wildman–Crippen MR) is 127 cm³/mol. The zero-order chi connectivity index (χ0) is 23.3. The Morgan fingerprint density at radius 3 is 2.56 bits per heavy atom. The Bertz CT molecular complexity index is 930. The number of rotatable bonds is 6. The lowest BCUT2D eigenvalue weighted by atomic mass is 9.98. The average Bonchev–Trinajstić information content (AvgIpc) is 3.12. The third-order valence-corrected chi connectivity index (χ3v) is 6.39. The van der Waals surface area contributed by atoms with Gasteiger partial charge in [0, 0.05) is 19.0 Å². The van der Waals surface area contributed by atoms with Crippen molar-refractivity contribution in [1.82, 2.24) is 9.88 Å². The number of piperidine rings is 1. The van der Waals surface area contributed by atoms with E-state index in [1.54, 1.807) is 16.2 Å². The molecule has 1 aliphatic heterocycles. The first-order chi connectivity index (χ1) is 15.2. The summed E-state index contributed by atoms with van der Waals surface area (Å²) in [5, 5.41) is 5.84. The summed E-state index contributed by atoms with van der Waals surface area (Å²) in [6, 6.07) is 7.37. The van der Waals surface area contributed by atoms with E-state index in [4.69, 9.17) is 26.1 Å². The zero-order valence-electron chi connectivity index (χ0n) is 19.1. The SMILES string of the molecule is Cc1nc(C2CCN(C(=O)OC(C)(C)C)CC2)sc1COc1ccc(N(N)/C=N\N)cc1. The molecule has 1 amide bonds. The van der Waals surface area contributed by atoms with Gasteiger partial charge in [0.2, 0.25) is 0 Å². The van der Waals surface area contributed by atoms with Gasteiger partial charge in [0.15, 0.2) is 0 Å². The number of ether oxygens (including phenoxy) is 2. The Hall–Kier alpha value is -2.85. The van der Waals surface area contributed by atoms with Crippen LogP contribution < -0.4 is 21.4 Å². The number of benzene rings is 1. The molecule has 2 aromatic rings. The number of nitrogens with two attached hydrogens (primary N) is 2. The molecule has 4 N–H and O–H groups in total. The van der Waals surface area contributed by atoms with Crippen molar-refractivity contribution in [3.8, 4) is 5.75 Å². The summed E-state index contributed by atoms with van der Waals surface area (Å²) < 4.78 is 11.4. The largest absolute Gasteiger partial charge is 0.488 e. The van der Waals surface area contributed by atoms with Gasteiger partial charge in [-0.15, -0.1) is 11.3 Å². The summed E-state index contributed by atoms with van der Waals surface area (Å²) in [5.41, 5.74) is 1.27. The molecule has 10 heteroatoms. The molecule has 1 aromatic heterocycles. The van der Waals surface area contributed by atoms with Crippen LogP contribution in [0.4, 0.5) is 10.5 Å². The van der Waals surface area contributed by atoms with Crippen molar-refractivity contribution < 1.29 is 14.3 Å². The Kier molecular flexibility index (Phi) is 7.57. The molecule has 174 valence electrons. The molecule has 1 fully saturated rings. The lowest BCUT2D eigenvalue weighted by Gasteiger charge is -2.32. The van der Waals surface area contributed by atoms with Gasteiger partial charge in [0.25, 0.3) is 0 Å². The molecule has 32 heavy (non-hydrogen) atoms. The fraction of sp³-hybridized carbons (Fsp3) is 0.500. The van der Waals surface area contributed by atoms with Gasteiger partial charge in [0.1, 0.15) is 24.3 Å². The molecule has 9 nitrogen and oxygen atoms in total. The number of hydrazone groups is 1. The molecule has 1 saturated heterocycles. The van der Waals surface area contributed by atoms with Gasteiger partial charge in [-0.2, -0.15) is 5.10 Å². The quantitative estimate of drug-likeness (QED) is 0.292. The molecule has 1 aromatic carbocycles. The number of nitrogens with zero attached hydrogens (tertiary/aromatic N) is 4. The topological polar surface area (TPSA) is 119 Å². The van der Waals surface area contributed by atoms with E-state index < -0.39 is 5.60 Å². The van der Waals surface area contributed by atoms with Crippen LogP contribution in [-0.4, -0.2) is 41.0 Å². The van der Waals surface area contributed by atoms with Gasteiger partial charge >= 0.3 is 6.09 Å². The number of carbonyl (C=O) groups excluding carboxylic acids is 1. The van der Waals surface area contributed by atoms with Crippen molar-refractivity contribution in [2.75, 3.05) is 18.1 Å². The summed E-state index contributed by atoms with van der Waals surface area (Å²) in [6.07, 6.45) is 2.86. The van der Waals surface area contributed by atoms with Gasteiger partial charge in [-0.25, -0.2) is 15.6 Å². The van der Waals surface area contributed by atoms with Gasteiger partial charge in [-0.3, -0.25) is 5.01 Å². The van der Waals surface area contributed by atoms with Crippen molar-refractivity contribution in [2.45, 2.75) is 58.7 Å². The van der Waals surface area contributed by atoms with E-state index in [9.17, 15) is 4.79 Å². The average molecular weight is 461 g/mol. The fourth-order valence-electron chi connectivity index (χ4n) is 3.40. The van der Waals surface area contributed by atoms with Crippen LogP contribution in [0.3, 0.4) is 0 Å². The molecule has 0 bridgehead atoms. The van der Waals surface area contributed by atoms with E-state index in [0.29, 0.717) is 25.6 Å². The Balaban J connectivity index is 1.54. The van der Waals surface area contributed by atoms with Crippen molar-refractivity contribution >= 4 is 29.5 Å². The number of hydrazine groups is 1. The minimum Gasteiger partial charge on any atom is -0.488 e. The van der Waals surface area contributed by atoms with Crippen LogP contribution in [0.1, 0.15) is 55.1 Å². The lowest BCUT2D eigenvalue weighted by Crippen LogP contribution is -2.41. The smallest absolute Gasteiger partial charge is 0.410 e. The molecule has 0 aliphatic carbocycles. The third kappa shape index (κ3) is 6.33. The second-order valence-electron chi connectivity index (χ2n) is 8.76. The van der Waals surface area contributed by atoms with Gasteiger partial charge in [-0.05, 0) is 64.8 Å². The highest BCUT2D eigenvalue weighted by Gasteiger charge is 2.29. The summed E-state index contributed by atoms with van der Waals surface area (Å²) in [6.45, 7) is 9.49. The summed E-state index contributed by atoms with van der Waals surface area (Å²) >= 11 is 1.69. The van der Waals surface area contributed by atoms with Crippen molar-refractivity contribution in [3.63, 3.8) is 0 Å². The number of thiazole rings is 1. The first kappa shape index (κ1) is 23.8. The summed E-state index contributed by atoms with van der Waals surface area (Å²) in [7, 11) is 0. The maximum atomic E-state index is 12.3. The van der Waals surface area contributed by atoms with E-state index in [1.807, 2.05) is 52.0 Å². The third-order valence-electron chi connectivity index (χ3n) is 5.10. The maximum absolute atomic E-state index is 12.3. The molecule has 0 unspecified atom stereocenters. The first-order valence-corrected chi connectivity index (χ1v) is 11.4. The van der Waals surface area contributed by atoms with E-state index in [0.717, 1.165) is 39.9 Å². The molecule has 0 spiro atoms. The standard InChI is InChI=1S/C22H32N6O3S/c1-15-19(13-30-18-7-5-17(6-8-18)28(24)14-25-23)32-20(26-15)16-9-11-27(12-10-16)21(29)31-22(2,3)4/h5-8,14,16H,9-13,23-24H2,1-4H3/b25-14-. The Morgan fingerprint density at radius 2 is 1.97 bits per heavy atom. The molecule has 2 heterocycles. The van der Waals surface area contributed by atoms with Crippen molar-refractivity contribution in [1.29, 1.82) is 0 Å². The van der Waals surface area contributed by atoms with E-state index in [-0.39, 0.29) is 6.09 Å². The monoisotopic (exact) mass is 460 g/mol. The van der Waals surface area contributed by atoms with Crippen LogP contribution in [0.25, 0.3) is 0 Å². The highest BCUT2D eigenvalue weighted by atomic mass is 32.1. The predicted octanol–water partition coefficient (Wildman–Crippen LogP) is 3.73. The first-order valence-electron chi connectivity index (χ1n) is 10.6. The van der Waals surface area contributed by atoms with Crippen LogP contribution in [0.5, 0.6) is 5.75 Å². The molecule has 0 saturated carbocycles.